The Hall–Kier alpha value is -0.650. The van der Waals surface area contributed by atoms with E-state index in [1.165, 1.54) is 5.56 Å². The number of hydrogen-bond donors (Lipinski definition) is 1. The summed E-state index contributed by atoms with van der Waals surface area (Å²) in [6.45, 7) is 5.52. The Labute approximate surface area is 110 Å². The maximum atomic E-state index is 5.56. The molecule has 0 radical (unpaired) electrons. The molecule has 1 aliphatic rings. The normalized spacial score (nSPS) is 20.6. The van der Waals surface area contributed by atoms with Crippen LogP contribution < -0.4 is 10.2 Å². The lowest BCUT2D eigenvalue weighted by molar-refractivity contribution is 0.0529. The molecular weight excluding hydrogens is 282 g/mol. The van der Waals surface area contributed by atoms with Crippen molar-refractivity contribution in [2.75, 3.05) is 31.6 Å². The summed E-state index contributed by atoms with van der Waals surface area (Å²) in [6.07, 6.45) is 2.13. The van der Waals surface area contributed by atoms with Gasteiger partial charge in [-0.3, -0.25) is 0 Å². The molecule has 94 valence electrons. The van der Waals surface area contributed by atoms with Gasteiger partial charge < -0.3 is 15.0 Å². The molecule has 1 unspecified atom stereocenters. The van der Waals surface area contributed by atoms with Crippen LogP contribution in [-0.4, -0.2) is 37.8 Å². The molecular formula is C12H18BrN3O. The van der Waals surface area contributed by atoms with Crippen LogP contribution in [0.25, 0.3) is 0 Å². The van der Waals surface area contributed by atoms with Crippen LogP contribution >= 0.6 is 15.9 Å². The number of hydrogen-bond acceptors (Lipinski definition) is 4. The lowest BCUT2D eigenvalue weighted by Gasteiger charge is -2.33. The summed E-state index contributed by atoms with van der Waals surface area (Å²) in [5.41, 5.74) is 1.22. The van der Waals surface area contributed by atoms with Crippen molar-refractivity contribution in [2.45, 2.75) is 19.6 Å². The number of halogens is 1. The Kier molecular flexibility index (Phi) is 4.36. The average Bonchev–Trinajstić information content (AvgIpc) is 2.29. The van der Waals surface area contributed by atoms with Crippen molar-refractivity contribution in [3.05, 3.63) is 22.3 Å². The van der Waals surface area contributed by atoms with E-state index in [9.17, 15) is 0 Å². The fourth-order valence-electron chi connectivity index (χ4n) is 2.09. The van der Waals surface area contributed by atoms with E-state index in [0.29, 0.717) is 0 Å². The highest BCUT2D eigenvalue weighted by Crippen LogP contribution is 2.23. The number of nitrogens with zero attached hydrogens (tertiary/aromatic N) is 2. The Bertz CT molecular complexity index is 386. The van der Waals surface area contributed by atoms with E-state index in [-0.39, 0.29) is 6.10 Å². The second-order valence-electron chi connectivity index (χ2n) is 4.29. The maximum Gasteiger partial charge on any atom is 0.133 e. The first kappa shape index (κ1) is 12.8. The fraction of sp³-hybridized carbons (Fsp3) is 0.583. The Morgan fingerprint density at radius 2 is 2.47 bits per heavy atom. The van der Waals surface area contributed by atoms with Crippen molar-refractivity contribution in [3.8, 4) is 0 Å². The summed E-state index contributed by atoms with van der Waals surface area (Å²) in [5, 5.41) is 3.18. The number of morpholine rings is 1. The first-order chi connectivity index (χ1) is 8.20. The zero-order valence-electron chi connectivity index (χ0n) is 10.2. The summed E-state index contributed by atoms with van der Waals surface area (Å²) in [6, 6.07) is 2.12. The Morgan fingerprint density at radius 1 is 1.65 bits per heavy atom. The first-order valence-electron chi connectivity index (χ1n) is 5.86. The van der Waals surface area contributed by atoms with Crippen LogP contribution in [0.5, 0.6) is 0 Å². The second-order valence-corrected chi connectivity index (χ2v) is 5.21. The third-order valence-electron chi connectivity index (χ3n) is 2.82. The van der Waals surface area contributed by atoms with E-state index < -0.39 is 0 Å². The van der Waals surface area contributed by atoms with E-state index in [4.69, 9.17) is 4.74 Å². The van der Waals surface area contributed by atoms with Gasteiger partial charge in [-0.1, -0.05) is 0 Å². The van der Waals surface area contributed by atoms with Gasteiger partial charge in [-0.05, 0) is 36.0 Å². The van der Waals surface area contributed by atoms with Crippen LogP contribution in [0.3, 0.4) is 0 Å². The molecule has 1 atom stereocenters. The van der Waals surface area contributed by atoms with Gasteiger partial charge in [0.15, 0.2) is 0 Å². The van der Waals surface area contributed by atoms with Crippen LogP contribution in [-0.2, 0) is 11.3 Å². The quantitative estimate of drug-likeness (QED) is 0.923. The minimum Gasteiger partial charge on any atom is -0.375 e. The maximum absolute atomic E-state index is 5.56. The van der Waals surface area contributed by atoms with Gasteiger partial charge in [0.2, 0.25) is 0 Å². The molecule has 4 nitrogen and oxygen atoms in total. The van der Waals surface area contributed by atoms with Crippen molar-refractivity contribution in [1.29, 1.82) is 0 Å². The molecule has 0 saturated carbocycles. The van der Waals surface area contributed by atoms with E-state index in [1.54, 1.807) is 0 Å². The predicted molar refractivity (Wildman–Crippen MR) is 72.3 cm³/mol. The van der Waals surface area contributed by atoms with E-state index in [2.05, 4.69) is 44.1 Å². The zero-order valence-corrected chi connectivity index (χ0v) is 11.8. The third-order valence-corrected chi connectivity index (χ3v) is 3.25. The summed E-state index contributed by atoms with van der Waals surface area (Å²) in [4.78, 5) is 6.84. The summed E-state index contributed by atoms with van der Waals surface area (Å²) >= 11 is 3.47. The Morgan fingerprint density at radius 3 is 3.18 bits per heavy atom. The van der Waals surface area contributed by atoms with Crippen molar-refractivity contribution in [3.63, 3.8) is 0 Å². The molecule has 0 bridgehead atoms. The number of pyridine rings is 1. The van der Waals surface area contributed by atoms with Gasteiger partial charge in [0.25, 0.3) is 0 Å². The largest absolute Gasteiger partial charge is 0.375 e. The van der Waals surface area contributed by atoms with Gasteiger partial charge in [-0.25, -0.2) is 4.98 Å². The minimum atomic E-state index is 0.275. The number of anilines is 1. The van der Waals surface area contributed by atoms with Gasteiger partial charge in [-0.15, -0.1) is 0 Å². The van der Waals surface area contributed by atoms with Gasteiger partial charge in [0.1, 0.15) is 5.82 Å². The van der Waals surface area contributed by atoms with Crippen molar-refractivity contribution in [1.82, 2.24) is 10.3 Å². The van der Waals surface area contributed by atoms with Crippen molar-refractivity contribution in [2.24, 2.45) is 0 Å². The van der Waals surface area contributed by atoms with E-state index in [0.717, 1.165) is 36.5 Å². The van der Waals surface area contributed by atoms with Gasteiger partial charge in [0.05, 0.1) is 12.7 Å². The molecule has 0 aromatic carbocycles. The topological polar surface area (TPSA) is 37.4 Å². The van der Waals surface area contributed by atoms with Crippen LogP contribution in [0.2, 0.25) is 0 Å². The molecule has 1 aromatic heterocycles. The highest BCUT2D eigenvalue weighted by Gasteiger charge is 2.20. The second kappa shape index (κ2) is 5.80. The molecule has 1 aromatic rings. The lowest BCUT2D eigenvalue weighted by Crippen LogP contribution is -2.42. The monoisotopic (exact) mass is 299 g/mol. The van der Waals surface area contributed by atoms with Crippen LogP contribution in [0, 0.1) is 0 Å². The highest BCUT2D eigenvalue weighted by atomic mass is 79.9. The summed E-state index contributed by atoms with van der Waals surface area (Å²) in [5.74, 6) is 1.07. The van der Waals surface area contributed by atoms with Gasteiger partial charge in [-0.2, -0.15) is 0 Å². The number of ether oxygens (including phenoxy) is 1. The van der Waals surface area contributed by atoms with Gasteiger partial charge in [0, 0.05) is 35.9 Å². The molecule has 2 rings (SSSR count). The zero-order chi connectivity index (χ0) is 12.3. The molecule has 0 aliphatic carbocycles. The van der Waals surface area contributed by atoms with Gasteiger partial charge >= 0.3 is 0 Å². The molecule has 1 saturated heterocycles. The predicted octanol–water partition coefficient (Wildman–Crippen LogP) is 1.79. The molecule has 1 fully saturated rings. The van der Waals surface area contributed by atoms with Crippen LogP contribution in [0.15, 0.2) is 16.7 Å². The third kappa shape index (κ3) is 3.18. The SMILES string of the molecule is CNCc1cc(Br)cnc1N1CCOC(C)C1. The smallest absolute Gasteiger partial charge is 0.133 e. The molecule has 2 heterocycles. The fourth-order valence-corrected chi connectivity index (χ4v) is 2.47. The number of rotatable bonds is 3. The molecule has 1 N–H and O–H groups in total. The molecule has 1 aliphatic heterocycles. The average molecular weight is 300 g/mol. The molecule has 0 amide bonds. The highest BCUT2D eigenvalue weighted by molar-refractivity contribution is 9.10. The Balaban J connectivity index is 2.23. The van der Waals surface area contributed by atoms with E-state index in [1.807, 2.05) is 13.2 Å². The van der Waals surface area contributed by atoms with Crippen molar-refractivity contribution < 1.29 is 4.74 Å². The summed E-state index contributed by atoms with van der Waals surface area (Å²) in [7, 11) is 1.95. The molecule has 5 heteroatoms. The lowest BCUT2D eigenvalue weighted by atomic mass is 10.2. The minimum absolute atomic E-state index is 0.275. The standard InChI is InChI=1S/C12H18BrN3O/c1-9-8-16(3-4-17-9)12-10(6-14-2)5-11(13)7-15-12/h5,7,9,14H,3-4,6,8H2,1-2H3. The first-order valence-corrected chi connectivity index (χ1v) is 6.65. The summed E-state index contributed by atoms with van der Waals surface area (Å²) < 4.78 is 6.58. The molecule has 17 heavy (non-hydrogen) atoms. The van der Waals surface area contributed by atoms with Crippen molar-refractivity contribution >= 4 is 21.7 Å². The van der Waals surface area contributed by atoms with Crippen LogP contribution in [0.4, 0.5) is 5.82 Å². The van der Waals surface area contributed by atoms with Crippen LogP contribution in [0.1, 0.15) is 12.5 Å². The molecule has 0 spiro atoms. The number of aromatic nitrogens is 1. The number of nitrogens with one attached hydrogen (secondary N) is 1. The van der Waals surface area contributed by atoms with E-state index >= 15 is 0 Å².